The number of nitrogens with one attached hydrogen (secondary N) is 1. The first-order valence-corrected chi connectivity index (χ1v) is 11.5. The molecule has 1 aromatic carbocycles. The molecule has 0 bridgehead atoms. The van der Waals surface area contributed by atoms with E-state index in [1.165, 1.54) is 0 Å². The number of tetrazole rings is 1. The van der Waals surface area contributed by atoms with Gasteiger partial charge in [-0.05, 0) is 31.2 Å². The third kappa shape index (κ3) is 5.79. The molecule has 3 aromatic heterocycles. The first-order chi connectivity index (χ1) is 16.9. The predicted molar refractivity (Wildman–Crippen MR) is 126 cm³/mol. The molecule has 0 fully saturated rings. The minimum absolute atomic E-state index is 0.165. The number of carbonyl (C=O) groups is 3. The molecule has 4 aromatic rings. The number of aryl methyl sites for hydroxylation is 1. The van der Waals surface area contributed by atoms with Crippen LogP contribution in [0.15, 0.2) is 52.3 Å². The van der Waals surface area contributed by atoms with Crippen LogP contribution in [0, 0.1) is 6.92 Å². The molecule has 11 nitrogen and oxygen atoms in total. The molecule has 0 saturated heterocycles. The van der Waals surface area contributed by atoms with E-state index in [2.05, 4.69) is 20.7 Å². The molecular weight excluding hydrogens is 474 g/mol. The summed E-state index contributed by atoms with van der Waals surface area (Å²) in [6, 6.07) is 12.7. The highest BCUT2D eigenvalue weighted by Crippen LogP contribution is 2.37. The first kappa shape index (κ1) is 23.8. The van der Waals surface area contributed by atoms with Gasteiger partial charge < -0.3 is 19.2 Å². The second-order valence-corrected chi connectivity index (χ2v) is 8.08. The molecule has 12 heteroatoms. The van der Waals surface area contributed by atoms with Crippen molar-refractivity contribution < 1.29 is 28.3 Å². The SMILES string of the molecule is CCOC(=O)c1c(-c2ccc(C)o2)csc1NC(=O)COC(=O)Cn1nnc(-c2ccccc2)n1. The lowest BCUT2D eigenvalue weighted by molar-refractivity contribution is -0.148. The lowest BCUT2D eigenvalue weighted by Gasteiger charge is -2.08. The smallest absolute Gasteiger partial charge is 0.341 e. The standard InChI is InChI=1S/C23H21N5O6S/c1-3-32-23(31)20-16(17-10-9-14(2)34-17)13-35-22(20)24-18(29)12-33-19(30)11-28-26-21(25-27-28)15-7-5-4-6-8-15/h4-10,13H,3,11-12H2,1-2H3,(H,24,29). The van der Waals surface area contributed by atoms with E-state index in [0.717, 1.165) is 21.7 Å². The number of benzene rings is 1. The molecule has 0 saturated carbocycles. The Bertz CT molecular complexity index is 1340. The predicted octanol–water partition coefficient (Wildman–Crippen LogP) is 3.33. The molecule has 0 atom stereocenters. The van der Waals surface area contributed by atoms with E-state index in [-0.39, 0.29) is 23.7 Å². The van der Waals surface area contributed by atoms with Crippen molar-refractivity contribution in [3.63, 3.8) is 0 Å². The summed E-state index contributed by atoms with van der Waals surface area (Å²) >= 11 is 1.13. The summed E-state index contributed by atoms with van der Waals surface area (Å²) < 4.78 is 15.8. The van der Waals surface area contributed by atoms with Crippen LogP contribution in [0.1, 0.15) is 23.0 Å². The molecule has 0 unspecified atom stereocenters. The zero-order chi connectivity index (χ0) is 24.8. The van der Waals surface area contributed by atoms with Crippen molar-refractivity contribution in [3.8, 4) is 22.7 Å². The quantitative estimate of drug-likeness (QED) is 0.346. The number of ether oxygens (including phenoxy) is 2. The average Bonchev–Trinajstić information content (AvgIpc) is 3.58. The van der Waals surface area contributed by atoms with Crippen molar-refractivity contribution in [2.24, 2.45) is 0 Å². The second kappa shape index (κ2) is 10.7. The molecule has 1 amide bonds. The highest BCUT2D eigenvalue weighted by Gasteiger charge is 2.24. The Hall–Kier alpha value is -4.32. The van der Waals surface area contributed by atoms with E-state index >= 15 is 0 Å². The number of thiophene rings is 1. The number of rotatable bonds is 9. The van der Waals surface area contributed by atoms with Crippen LogP contribution in [0.3, 0.4) is 0 Å². The van der Waals surface area contributed by atoms with Crippen molar-refractivity contribution in [2.45, 2.75) is 20.4 Å². The summed E-state index contributed by atoms with van der Waals surface area (Å²) in [5.74, 6) is -0.426. The molecule has 1 N–H and O–H groups in total. The van der Waals surface area contributed by atoms with E-state index < -0.39 is 24.5 Å². The zero-order valence-corrected chi connectivity index (χ0v) is 19.7. The van der Waals surface area contributed by atoms with Gasteiger partial charge in [-0.2, -0.15) is 4.80 Å². The van der Waals surface area contributed by atoms with Gasteiger partial charge in [-0.25, -0.2) is 9.59 Å². The maximum atomic E-state index is 12.6. The molecular formula is C23H21N5O6S. The first-order valence-electron chi connectivity index (χ1n) is 10.6. The van der Waals surface area contributed by atoms with Gasteiger partial charge >= 0.3 is 11.9 Å². The average molecular weight is 496 g/mol. The van der Waals surface area contributed by atoms with Crippen molar-refractivity contribution in [1.29, 1.82) is 0 Å². The van der Waals surface area contributed by atoms with Crippen LogP contribution in [0.2, 0.25) is 0 Å². The Labute approximate surface area is 203 Å². The highest BCUT2D eigenvalue weighted by atomic mass is 32.1. The Kier molecular flexibility index (Phi) is 7.31. The normalized spacial score (nSPS) is 10.7. The van der Waals surface area contributed by atoms with Crippen LogP contribution in [0.4, 0.5) is 5.00 Å². The molecule has 3 heterocycles. The van der Waals surface area contributed by atoms with Gasteiger partial charge in [-0.3, -0.25) is 4.79 Å². The Morgan fingerprint density at radius 3 is 2.63 bits per heavy atom. The fourth-order valence-electron chi connectivity index (χ4n) is 3.10. The number of hydrogen-bond acceptors (Lipinski definition) is 10. The number of hydrogen-bond donors (Lipinski definition) is 1. The van der Waals surface area contributed by atoms with Gasteiger partial charge in [0.25, 0.3) is 5.91 Å². The van der Waals surface area contributed by atoms with Gasteiger partial charge in [-0.1, -0.05) is 30.3 Å². The lowest BCUT2D eigenvalue weighted by atomic mass is 10.1. The summed E-state index contributed by atoms with van der Waals surface area (Å²) in [4.78, 5) is 38.2. The summed E-state index contributed by atoms with van der Waals surface area (Å²) in [5.41, 5.74) is 1.43. The van der Waals surface area contributed by atoms with Gasteiger partial charge in [0.1, 0.15) is 22.1 Å². The second-order valence-electron chi connectivity index (χ2n) is 7.20. The van der Waals surface area contributed by atoms with Gasteiger partial charge in [-0.15, -0.1) is 21.5 Å². The maximum Gasteiger partial charge on any atom is 0.341 e. The van der Waals surface area contributed by atoms with Gasteiger partial charge in [0, 0.05) is 16.5 Å². The van der Waals surface area contributed by atoms with Crippen molar-refractivity contribution in [3.05, 3.63) is 59.2 Å². The van der Waals surface area contributed by atoms with E-state index in [4.69, 9.17) is 13.9 Å². The number of esters is 2. The number of carbonyl (C=O) groups excluding carboxylic acids is 3. The Balaban J connectivity index is 1.37. The van der Waals surface area contributed by atoms with E-state index in [1.54, 1.807) is 31.4 Å². The zero-order valence-electron chi connectivity index (χ0n) is 18.9. The van der Waals surface area contributed by atoms with Crippen LogP contribution < -0.4 is 5.32 Å². The number of anilines is 1. The minimum atomic E-state index is -0.722. The third-order valence-electron chi connectivity index (χ3n) is 4.65. The largest absolute Gasteiger partial charge is 0.462 e. The fraction of sp³-hybridized carbons (Fsp3) is 0.217. The summed E-state index contributed by atoms with van der Waals surface area (Å²) in [5, 5.41) is 16.4. The highest BCUT2D eigenvalue weighted by molar-refractivity contribution is 7.15. The molecule has 0 aliphatic rings. The molecule has 4 rings (SSSR count). The number of furan rings is 1. The van der Waals surface area contributed by atoms with E-state index in [1.807, 2.05) is 30.3 Å². The van der Waals surface area contributed by atoms with Crippen LogP contribution in [-0.2, 0) is 25.6 Å². The summed E-state index contributed by atoms with van der Waals surface area (Å²) in [6.07, 6.45) is 0. The van der Waals surface area contributed by atoms with Crippen LogP contribution in [0.25, 0.3) is 22.7 Å². The van der Waals surface area contributed by atoms with Gasteiger partial charge in [0.15, 0.2) is 13.2 Å². The molecule has 0 spiro atoms. The Morgan fingerprint density at radius 1 is 1.11 bits per heavy atom. The summed E-state index contributed by atoms with van der Waals surface area (Å²) in [7, 11) is 0. The van der Waals surface area contributed by atoms with E-state index in [0.29, 0.717) is 22.9 Å². The van der Waals surface area contributed by atoms with Crippen molar-refractivity contribution in [1.82, 2.24) is 20.2 Å². The molecule has 0 aliphatic carbocycles. The van der Waals surface area contributed by atoms with Crippen molar-refractivity contribution in [2.75, 3.05) is 18.5 Å². The molecule has 0 radical (unpaired) electrons. The Morgan fingerprint density at radius 2 is 1.91 bits per heavy atom. The third-order valence-corrected chi connectivity index (χ3v) is 5.54. The monoisotopic (exact) mass is 495 g/mol. The van der Waals surface area contributed by atoms with Crippen LogP contribution in [-0.4, -0.2) is 51.3 Å². The number of aromatic nitrogens is 4. The van der Waals surface area contributed by atoms with Crippen LogP contribution >= 0.6 is 11.3 Å². The van der Waals surface area contributed by atoms with Gasteiger partial charge in [0.2, 0.25) is 5.82 Å². The number of amides is 1. The van der Waals surface area contributed by atoms with Crippen molar-refractivity contribution >= 4 is 34.2 Å². The lowest BCUT2D eigenvalue weighted by Crippen LogP contribution is -2.24. The molecule has 180 valence electrons. The van der Waals surface area contributed by atoms with Crippen LogP contribution in [0.5, 0.6) is 0 Å². The maximum absolute atomic E-state index is 12.6. The topological polar surface area (TPSA) is 138 Å². The minimum Gasteiger partial charge on any atom is -0.462 e. The van der Waals surface area contributed by atoms with Gasteiger partial charge in [0.05, 0.1) is 6.61 Å². The summed E-state index contributed by atoms with van der Waals surface area (Å²) in [6.45, 7) is 2.76. The number of nitrogens with zero attached hydrogens (tertiary/aromatic N) is 4. The molecule has 35 heavy (non-hydrogen) atoms. The van der Waals surface area contributed by atoms with E-state index in [9.17, 15) is 14.4 Å². The fourth-order valence-corrected chi connectivity index (χ4v) is 4.05. The molecule has 0 aliphatic heterocycles.